The number of carbonyl (C=O) groups is 2. The van der Waals surface area contributed by atoms with E-state index >= 15 is 0 Å². The van der Waals surface area contributed by atoms with Gasteiger partial charge in [0, 0.05) is 12.7 Å². The summed E-state index contributed by atoms with van der Waals surface area (Å²) < 4.78 is 17.6. The average molecular weight is 320 g/mol. The van der Waals surface area contributed by atoms with Gasteiger partial charge in [-0.15, -0.1) is 0 Å². The van der Waals surface area contributed by atoms with E-state index in [-0.39, 0.29) is 12.1 Å². The third-order valence-electron chi connectivity index (χ3n) is 3.07. The molecule has 0 bridgehead atoms. The van der Waals surface area contributed by atoms with Gasteiger partial charge in [-0.2, -0.15) is 0 Å². The van der Waals surface area contributed by atoms with Crippen LogP contribution < -0.4 is 15.5 Å². The Bertz CT molecular complexity index is 799. The summed E-state index contributed by atoms with van der Waals surface area (Å²) in [5.74, 6) is -2.93. The van der Waals surface area contributed by atoms with E-state index in [1.165, 1.54) is 24.3 Å². The van der Waals surface area contributed by atoms with Crippen LogP contribution in [0.2, 0.25) is 0 Å². The zero-order valence-electron chi connectivity index (χ0n) is 12.1. The quantitative estimate of drug-likeness (QED) is 0.766. The van der Waals surface area contributed by atoms with Gasteiger partial charge < -0.3 is 20.1 Å². The van der Waals surface area contributed by atoms with Gasteiger partial charge in [0.1, 0.15) is 11.4 Å². The molecule has 0 aliphatic carbocycles. The lowest BCUT2D eigenvalue weighted by atomic mass is 10.2. The summed E-state index contributed by atoms with van der Waals surface area (Å²) in [4.78, 5) is 37.5. The molecule has 0 aliphatic heterocycles. The molecular formula is C15H13FN2O5. The Morgan fingerprint density at radius 2 is 1.96 bits per heavy atom. The standard InChI is InChI=1S/C15H13FN2O5/c1-23-13-11(15(21)22)17-7-10(12(13)19)14(20)18-6-8-2-4-9(16)5-3-8/h2-5,7H,6H2,1H3,(H,17,19)(H,18,20)(H,21,22). The monoisotopic (exact) mass is 320 g/mol. The first-order valence-electron chi connectivity index (χ1n) is 6.49. The summed E-state index contributed by atoms with van der Waals surface area (Å²) in [5, 5.41) is 11.4. The van der Waals surface area contributed by atoms with Gasteiger partial charge in [0.05, 0.1) is 7.11 Å². The summed E-state index contributed by atoms with van der Waals surface area (Å²) in [5.41, 5.74) is -0.910. The number of carboxylic acids is 1. The maximum Gasteiger partial charge on any atom is 0.356 e. The number of carbonyl (C=O) groups excluding carboxylic acids is 1. The molecule has 120 valence electrons. The van der Waals surface area contributed by atoms with Gasteiger partial charge in [0.15, 0.2) is 11.4 Å². The Morgan fingerprint density at radius 1 is 1.30 bits per heavy atom. The maximum absolute atomic E-state index is 12.8. The second-order valence-corrected chi connectivity index (χ2v) is 4.55. The zero-order valence-corrected chi connectivity index (χ0v) is 12.1. The maximum atomic E-state index is 12.8. The van der Waals surface area contributed by atoms with E-state index in [0.29, 0.717) is 5.56 Å². The molecule has 0 spiro atoms. The summed E-state index contributed by atoms with van der Waals surface area (Å²) in [7, 11) is 1.14. The highest BCUT2D eigenvalue weighted by Gasteiger charge is 2.20. The number of amides is 1. The van der Waals surface area contributed by atoms with Crippen LogP contribution in [-0.4, -0.2) is 29.1 Å². The molecule has 0 saturated heterocycles. The average Bonchev–Trinajstić information content (AvgIpc) is 2.53. The number of rotatable bonds is 5. The number of carboxylic acid groups (broad SMARTS) is 1. The Balaban J connectivity index is 2.21. The Hall–Kier alpha value is -3.16. The minimum Gasteiger partial charge on any atom is -0.491 e. The van der Waals surface area contributed by atoms with Crippen LogP contribution in [0.1, 0.15) is 26.4 Å². The molecule has 1 aromatic heterocycles. The van der Waals surface area contributed by atoms with Crippen LogP contribution in [0.3, 0.4) is 0 Å². The van der Waals surface area contributed by atoms with Crippen molar-refractivity contribution in [2.45, 2.75) is 6.54 Å². The molecule has 7 nitrogen and oxygen atoms in total. The van der Waals surface area contributed by atoms with Gasteiger partial charge in [0.2, 0.25) is 5.43 Å². The number of pyridine rings is 1. The van der Waals surface area contributed by atoms with E-state index in [2.05, 4.69) is 10.3 Å². The van der Waals surface area contributed by atoms with Crippen molar-refractivity contribution < 1.29 is 23.8 Å². The highest BCUT2D eigenvalue weighted by Crippen LogP contribution is 2.11. The number of halogens is 1. The highest BCUT2D eigenvalue weighted by molar-refractivity contribution is 5.96. The van der Waals surface area contributed by atoms with Crippen LogP contribution in [0.4, 0.5) is 4.39 Å². The number of aromatic nitrogens is 1. The van der Waals surface area contributed by atoms with Gasteiger partial charge in [-0.3, -0.25) is 9.59 Å². The summed E-state index contributed by atoms with van der Waals surface area (Å²) in [6.45, 7) is 0.0849. The van der Waals surface area contributed by atoms with Crippen LogP contribution in [0.15, 0.2) is 35.3 Å². The van der Waals surface area contributed by atoms with Crippen molar-refractivity contribution in [1.29, 1.82) is 0 Å². The molecule has 3 N–H and O–H groups in total. The minimum atomic E-state index is -1.38. The van der Waals surface area contributed by atoms with Crippen molar-refractivity contribution in [2.75, 3.05) is 7.11 Å². The van der Waals surface area contributed by atoms with Gasteiger partial charge in [0.25, 0.3) is 5.91 Å². The van der Waals surface area contributed by atoms with Crippen LogP contribution in [0, 0.1) is 5.82 Å². The summed E-state index contributed by atoms with van der Waals surface area (Å²) >= 11 is 0. The fraction of sp³-hybridized carbons (Fsp3) is 0.133. The number of benzene rings is 1. The highest BCUT2D eigenvalue weighted by atomic mass is 19.1. The lowest BCUT2D eigenvalue weighted by Gasteiger charge is -2.08. The van der Waals surface area contributed by atoms with E-state index in [4.69, 9.17) is 9.84 Å². The van der Waals surface area contributed by atoms with E-state index in [9.17, 15) is 18.8 Å². The molecule has 8 heteroatoms. The molecular weight excluding hydrogens is 307 g/mol. The number of methoxy groups -OCH3 is 1. The molecule has 0 fully saturated rings. The normalized spacial score (nSPS) is 10.2. The van der Waals surface area contributed by atoms with Crippen molar-refractivity contribution in [1.82, 2.24) is 10.3 Å². The van der Waals surface area contributed by atoms with Crippen molar-refractivity contribution in [3.8, 4) is 5.75 Å². The van der Waals surface area contributed by atoms with E-state index in [1.54, 1.807) is 0 Å². The third kappa shape index (κ3) is 3.54. The molecule has 2 rings (SSSR count). The first-order chi connectivity index (χ1) is 10.9. The molecule has 0 aliphatic rings. The van der Waals surface area contributed by atoms with Crippen LogP contribution in [0.5, 0.6) is 5.75 Å². The largest absolute Gasteiger partial charge is 0.491 e. The van der Waals surface area contributed by atoms with Crippen LogP contribution in [0.25, 0.3) is 0 Å². The first-order valence-corrected chi connectivity index (χ1v) is 6.49. The third-order valence-corrected chi connectivity index (χ3v) is 3.07. The summed E-state index contributed by atoms with van der Waals surface area (Å²) in [6, 6.07) is 5.49. The molecule has 1 amide bonds. The van der Waals surface area contributed by atoms with Crippen LogP contribution in [-0.2, 0) is 6.54 Å². The number of nitrogens with one attached hydrogen (secondary N) is 2. The van der Waals surface area contributed by atoms with E-state index < -0.39 is 34.6 Å². The molecule has 1 heterocycles. The molecule has 23 heavy (non-hydrogen) atoms. The lowest BCUT2D eigenvalue weighted by molar-refractivity contribution is 0.0685. The van der Waals surface area contributed by atoms with Gasteiger partial charge in [-0.05, 0) is 17.7 Å². The SMILES string of the molecule is COc1c(C(=O)O)[nH]cc(C(=O)NCc2ccc(F)cc2)c1=O. The molecule has 0 atom stereocenters. The molecule has 0 unspecified atom stereocenters. The van der Waals surface area contributed by atoms with Crippen molar-refractivity contribution >= 4 is 11.9 Å². The number of hydrogen-bond donors (Lipinski definition) is 3. The molecule has 0 saturated carbocycles. The Morgan fingerprint density at radius 3 is 2.52 bits per heavy atom. The number of aromatic amines is 1. The fourth-order valence-electron chi connectivity index (χ4n) is 1.91. The number of H-pyrrole nitrogens is 1. The summed E-state index contributed by atoms with van der Waals surface area (Å²) in [6.07, 6.45) is 1.01. The first kappa shape index (κ1) is 16.2. The van der Waals surface area contributed by atoms with Crippen LogP contribution >= 0.6 is 0 Å². The predicted molar refractivity (Wildman–Crippen MR) is 78.1 cm³/mol. The Labute approximate surface area is 129 Å². The van der Waals surface area contributed by atoms with Gasteiger partial charge in [-0.25, -0.2) is 9.18 Å². The lowest BCUT2D eigenvalue weighted by Crippen LogP contribution is -2.30. The van der Waals surface area contributed by atoms with E-state index in [1.807, 2.05) is 0 Å². The van der Waals surface area contributed by atoms with E-state index in [0.717, 1.165) is 13.3 Å². The van der Waals surface area contributed by atoms with Crippen molar-refractivity contribution in [2.24, 2.45) is 0 Å². The molecule has 2 aromatic rings. The second-order valence-electron chi connectivity index (χ2n) is 4.55. The topological polar surface area (TPSA) is 108 Å². The second kappa shape index (κ2) is 6.73. The van der Waals surface area contributed by atoms with Crippen molar-refractivity contribution in [3.05, 3.63) is 63.3 Å². The molecule has 1 aromatic carbocycles. The smallest absolute Gasteiger partial charge is 0.356 e. The number of hydrogen-bond acceptors (Lipinski definition) is 4. The minimum absolute atomic E-state index is 0.0849. The number of ether oxygens (including phenoxy) is 1. The van der Waals surface area contributed by atoms with Crippen molar-refractivity contribution in [3.63, 3.8) is 0 Å². The number of aromatic carboxylic acids is 1. The van der Waals surface area contributed by atoms with Gasteiger partial charge in [-0.1, -0.05) is 12.1 Å². The fourth-order valence-corrected chi connectivity index (χ4v) is 1.91. The predicted octanol–water partition coefficient (Wildman–Crippen LogP) is 1.15. The molecule has 0 radical (unpaired) electrons. The zero-order chi connectivity index (χ0) is 17.0. The Kier molecular flexibility index (Phi) is 4.75. The van der Waals surface area contributed by atoms with Gasteiger partial charge >= 0.3 is 5.97 Å².